The molecule has 1 heteroatoms. The minimum absolute atomic E-state index is 0.0828. The molecule has 0 amide bonds. The van der Waals surface area contributed by atoms with Crippen molar-refractivity contribution >= 4 is 49.5 Å². The van der Waals surface area contributed by atoms with Crippen molar-refractivity contribution in [3.05, 3.63) is 331 Å². The van der Waals surface area contributed by atoms with Gasteiger partial charge in [-0.3, -0.25) is 0 Å². The summed E-state index contributed by atoms with van der Waals surface area (Å²) in [5.41, 5.74) is 6.18. The minimum atomic E-state index is -0.860. The predicted molar refractivity (Wildman–Crippen MR) is 293 cm³/mol. The molecule has 0 fully saturated rings. The Morgan fingerprint density at radius 2 is 1.19 bits per heavy atom. The molecule has 68 heavy (non-hydrogen) atoms. The maximum atomic E-state index is 9.81. The molecule has 0 N–H and O–H groups in total. The first-order valence-corrected chi connectivity index (χ1v) is 22.5. The minimum Gasteiger partial charge on any atom is -0.318 e. The summed E-state index contributed by atoms with van der Waals surface area (Å²) < 4.78 is 74.3. The molecule has 1 nitrogen and oxygen atoms in total. The zero-order chi connectivity index (χ0) is 53.1. The molecule has 0 atom stereocenters. The second kappa shape index (κ2) is 19.0. The zero-order valence-electron chi connectivity index (χ0n) is 45.4. The van der Waals surface area contributed by atoms with Gasteiger partial charge in [0.05, 0.1) is 16.4 Å². The van der Waals surface area contributed by atoms with Crippen LogP contribution in [0.1, 0.15) is 44.3 Å². The maximum absolute atomic E-state index is 9.81. The van der Waals surface area contributed by atoms with E-state index < -0.39 is 29.6 Å². The van der Waals surface area contributed by atoms with Gasteiger partial charge < -0.3 is 4.90 Å². The van der Waals surface area contributed by atoms with Gasteiger partial charge in [-0.2, -0.15) is 0 Å². The fourth-order valence-electron chi connectivity index (χ4n) is 9.59. The van der Waals surface area contributed by atoms with Crippen LogP contribution in [0.3, 0.4) is 0 Å². The van der Waals surface area contributed by atoms with E-state index in [1.807, 2.05) is 134 Å². The molecule has 0 aliphatic heterocycles. The van der Waals surface area contributed by atoms with Crippen LogP contribution in [-0.4, -0.2) is 4.90 Å². The van der Waals surface area contributed by atoms with Crippen molar-refractivity contribution in [1.29, 1.82) is 0 Å². The molecule has 0 spiro atoms. The van der Waals surface area contributed by atoms with E-state index in [0.717, 1.165) is 84.4 Å². The SMILES string of the molecule is [2H]C=C(/C([2H])=C(/[2H])C(=C[2H])N(/C=C/C1=C(C=C)c2ccccc2C1(c1ccccc1)c1ccccc1)/C(C=C)=C/C=C/c1cc2ccccc2c2ccccc12)c1c([2H])c([2H])c(-c2cccc3ccccc23)c([2H])c1[2H]. The van der Waals surface area contributed by atoms with Gasteiger partial charge >= 0.3 is 0 Å². The summed E-state index contributed by atoms with van der Waals surface area (Å²) in [5.74, 6) is 0. The Morgan fingerprint density at radius 1 is 0.574 bits per heavy atom. The van der Waals surface area contributed by atoms with Crippen LogP contribution in [0.25, 0.3) is 60.7 Å². The van der Waals surface area contributed by atoms with Crippen molar-refractivity contribution in [2.45, 2.75) is 5.41 Å². The lowest BCUT2D eigenvalue weighted by Crippen LogP contribution is -2.29. The highest BCUT2D eigenvalue weighted by atomic mass is 15.1. The van der Waals surface area contributed by atoms with Gasteiger partial charge in [-0.25, -0.2) is 0 Å². The smallest absolute Gasteiger partial charge is 0.0714 e. The Hall–Kier alpha value is -8.78. The third kappa shape index (κ3) is 7.91. The Balaban J connectivity index is 1.16. The van der Waals surface area contributed by atoms with Crippen LogP contribution < -0.4 is 0 Å². The monoisotopic (exact) mass is 877 g/mol. The topological polar surface area (TPSA) is 3.24 Å². The highest BCUT2D eigenvalue weighted by Gasteiger charge is 2.46. The highest BCUT2D eigenvalue weighted by molar-refractivity contribution is 6.11. The van der Waals surface area contributed by atoms with Crippen LogP contribution in [0.5, 0.6) is 0 Å². The molecule has 10 rings (SSSR count). The van der Waals surface area contributed by atoms with E-state index in [1.54, 1.807) is 29.3 Å². The van der Waals surface area contributed by atoms with Gasteiger partial charge in [-0.15, -0.1) is 0 Å². The highest BCUT2D eigenvalue weighted by Crippen LogP contribution is 2.55. The molecule has 9 aromatic rings. The van der Waals surface area contributed by atoms with E-state index in [1.165, 1.54) is 0 Å². The lowest BCUT2D eigenvalue weighted by atomic mass is 9.67. The van der Waals surface area contributed by atoms with E-state index in [9.17, 15) is 8.22 Å². The van der Waals surface area contributed by atoms with Crippen LogP contribution in [0.2, 0.25) is 0 Å². The molecule has 0 aromatic heterocycles. The summed E-state index contributed by atoms with van der Waals surface area (Å²) in [6.45, 7) is 10.3. The predicted octanol–water partition coefficient (Wildman–Crippen LogP) is 17.5. The van der Waals surface area contributed by atoms with Crippen LogP contribution in [-0.2, 0) is 5.41 Å². The van der Waals surface area contributed by atoms with Crippen molar-refractivity contribution in [3.63, 3.8) is 0 Å². The summed E-state index contributed by atoms with van der Waals surface area (Å²) >= 11 is 0. The van der Waals surface area contributed by atoms with Gasteiger partial charge in [0, 0.05) is 17.6 Å². The first kappa shape index (κ1) is 34.6. The third-order valence-electron chi connectivity index (χ3n) is 12.7. The molecular weight excluding hydrogens is 819 g/mol. The first-order valence-electron chi connectivity index (χ1n) is 26.6. The summed E-state index contributed by atoms with van der Waals surface area (Å²) in [7, 11) is 0. The van der Waals surface area contributed by atoms with E-state index in [-0.39, 0.29) is 34.5 Å². The van der Waals surface area contributed by atoms with Gasteiger partial charge in [0.15, 0.2) is 0 Å². The molecular formula is C67H51N. The molecule has 0 heterocycles. The van der Waals surface area contributed by atoms with Gasteiger partial charge in [0.1, 0.15) is 0 Å². The number of fused-ring (bicyclic) bond motifs is 5. The van der Waals surface area contributed by atoms with Crippen LogP contribution in [0, 0.1) is 0 Å². The summed E-state index contributed by atoms with van der Waals surface area (Å²) in [5, 5.41) is 5.99. The number of hydrogen-bond acceptors (Lipinski definition) is 1. The fraction of sp³-hybridized carbons (Fsp3) is 0.0149. The van der Waals surface area contributed by atoms with E-state index in [2.05, 4.69) is 79.9 Å². The van der Waals surface area contributed by atoms with Gasteiger partial charge in [0.25, 0.3) is 0 Å². The molecule has 0 saturated heterocycles. The maximum Gasteiger partial charge on any atom is 0.0714 e. The second-order valence-corrected chi connectivity index (χ2v) is 16.5. The summed E-state index contributed by atoms with van der Waals surface area (Å²) in [4.78, 5) is 1.61. The summed E-state index contributed by atoms with van der Waals surface area (Å²) in [6, 6.07) is 57.6. The Kier molecular flexibility index (Phi) is 9.64. The quantitative estimate of drug-likeness (QED) is 0.0777. The van der Waals surface area contributed by atoms with Gasteiger partial charge in [-0.05, 0) is 124 Å². The zero-order valence-corrected chi connectivity index (χ0v) is 37.4. The summed E-state index contributed by atoms with van der Waals surface area (Å²) in [6.07, 6.45) is 12.9. The van der Waals surface area contributed by atoms with Crippen molar-refractivity contribution in [2.24, 2.45) is 0 Å². The van der Waals surface area contributed by atoms with E-state index >= 15 is 0 Å². The number of hydrogen-bond donors (Lipinski definition) is 0. The van der Waals surface area contributed by atoms with E-state index in [0.29, 0.717) is 11.3 Å². The average molecular weight is 878 g/mol. The number of allylic oxidation sites excluding steroid dienone is 10. The number of rotatable bonds is 14. The van der Waals surface area contributed by atoms with Crippen molar-refractivity contribution < 1.29 is 11.0 Å². The first-order chi connectivity index (χ1) is 37.1. The van der Waals surface area contributed by atoms with Crippen molar-refractivity contribution in [3.8, 4) is 11.1 Å². The van der Waals surface area contributed by atoms with Gasteiger partial charge in [-0.1, -0.05) is 251 Å². The molecule has 1 aliphatic rings. The van der Waals surface area contributed by atoms with Crippen molar-refractivity contribution in [2.75, 3.05) is 0 Å². The van der Waals surface area contributed by atoms with Gasteiger partial charge in [0.2, 0.25) is 0 Å². The molecule has 324 valence electrons. The fourth-order valence-corrected chi connectivity index (χ4v) is 9.59. The molecule has 1 aliphatic carbocycles. The number of benzene rings is 9. The number of nitrogens with zero attached hydrogens (tertiary/aromatic N) is 1. The third-order valence-corrected chi connectivity index (χ3v) is 12.7. The standard InChI is InChI=1S/C67H51N/c1-5-57(31-21-26-54-47-53-24-14-16-33-61(53)63-35-18-17-34-62(54)63)68(49(4)40-39-48(3)50-41-43-52(44-42-50)60-37-22-25-51-23-13-15-32-59(51)60)46-45-66-58(6-2)64-36-19-20-38-65(64)67(66,55-27-9-7-10-28-55)56-29-11-8-12-30-56/h5-47H,1-4H2/b26-21+,40-39-,46-45+,57-31+/i3D,4D,39D,40D,41D,42D,43D,44D/b26-21+,40-39-,46-45+,48-3?,49-4?,57-31+. The molecule has 0 saturated carbocycles. The lowest BCUT2D eigenvalue weighted by Gasteiger charge is -2.35. The van der Waals surface area contributed by atoms with E-state index in [4.69, 9.17) is 2.74 Å². The normalized spacial score (nSPS) is 16.1. The second-order valence-electron chi connectivity index (χ2n) is 16.5. The Morgan fingerprint density at radius 3 is 1.90 bits per heavy atom. The lowest BCUT2D eigenvalue weighted by molar-refractivity contribution is 0.613. The molecule has 0 radical (unpaired) electrons. The van der Waals surface area contributed by atoms with Crippen LogP contribution in [0.15, 0.2) is 298 Å². The Bertz CT molecular complexity index is 3930. The molecule has 9 aromatic carbocycles. The average Bonchev–Trinajstić information content (AvgIpc) is 3.77. The Labute approximate surface area is 411 Å². The van der Waals surface area contributed by atoms with Crippen molar-refractivity contribution in [1.82, 2.24) is 4.90 Å². The molecule has 0 bridgehead atoms. The largest absolute Gasteiger partial charge is 0.318 e. The van der Waals surface area contributed by atoms with Crippen LogP contribution >= 0.6 is 0 Å². The van der Waals surface area contributed by atoms with Crippen LogP contribution in [0.4, 0.5) is 0 Å². The molecule has 0 unspecified atom stereocenters.